The lowest BCUT2D eigenvalue weighted by Gasteiger charge is -2.56. The molecular formula is C37H41Cl3F6N2O2. The van der Waals surface area contributed by atoms with Gasteiger partial charge in [0, 0.05) is 56.0 Å². The van der Waals surface area contributed by atoms with Gasteiger partial charge in [-0.3, -0.25) is 4.79 Å². The number of piperidine rings is 4. The van der Waals surface area contributed by atoms with E-state index in [0.717, 1.165) is 68.0 Å². The third-order valence-corrected chi connectivity index (χ3v) is 11.9. The Morgan fingerprint density at radius 2 is 1.28 bits per heavy atom. The molecule has 0 aromatic heterocycles. The molecule has 2 bridgehead atoms. The summed E-state index contributed by atoms with van der Waals surface area (Å²) in [7, 11) is 0. The van der Waals surface area contributed by atoms with Crippen molar-refractivity contribution in [2.45, 2.75) is 81.1 Å². The van der Waals surface area contributed by atoms with Gasteiger partial charge >= 0.3 is 12.4 Å². The van der Waals surface area contributed by atoms with Crippen LogP contribution in [0.2, 0.25) is 10.0 Å². The predicted octanol–water partition coefficient (Wildman–Crippen LogP) is 5.79. The Hall–Kier alpha value is -2.50. The van der Waals surface area contributed by atoms with Crippen LogP contribution >= 0.6 is 23.2 Å². The Bertz CT molecular complexity index is 1590. The Labute approximate surface area is 305 Å². The molecule has 0 aliphatic carbocycles. The zero-order chi connectivity index (χ0) is 34.4. The monoisotopic (exact) mass is 764 g/mol. The maximum absolute atomic E-state index is 13.4. The Morgan fingerprint density at radius 3 is 1.82 bits per heavy atom. The SMILES string of the molecule is O.O=C1CCC(CC[N+]23CCC(c4ccccc4)(CC2)CC3)(c2ccc(Cl)c(Cl)c2)CN1Cc1cc(CC(F)(F)F)cc(CC(F)(F)F)c1.[Cl-]. The van der Waals surface area contributed by atoms with Crippen molar-refractivity contribution in [3.05, 3.63) is 105 Å². The molecule has 1 unspecified atom stereocenters. The van der Waals surface area contributed by atoms with E-state index in [4.69, 9.17) is 23.2 Å². The molecule has 4 fully saturated rings. The minimum atomic E-state index is -4.59. The molecule has 7 rings (SSSR count). The first-order chi connectivity index (χ1) is 22.6. The number of quaternary nitrogens is 1. The van der Waals surface area contributed by atoms with E-state index >= 15 is 0 Å². The standard InChI is InChI=1S/C37H39Cl2F6N2O.ClH.H2O/c38-31-7-6-30(21-32(31)39)35(13-17-47-14-10-34(11-15-47,12-16-47)29-4-2-1-3-5-29)9-8-33(48)46(25-35)24-28-19-26(22-36(40,41)42)18-27(20-28)23-37(43,44)45;;/h1-7,18-21H,8-17,22-25H2;1H;1H2/q+1;;/p-1. The second-order valence-corrected chi connectivity index (χ2v) is 15.1. The van der Waals surface area contributed by atoms with E-state index in [2.05, 4.69) is 24.3 Å². The number of carbonyl (C=O) groups excluding carboxylic acids is 1. The highest BCUT2D eigenvalue weighted by molar-refractivity contribution is 6.42. The number of likely N-dealkylation sites (tertiary alicyclic amines) is 1. The third kappa shape index (κ3) is 9.10. The van der Waals surface area contributed by atoms with E-state index in [1.807, 2.05) is 18.2 Å². The molecule has 50 heavy (non-hydrogen) atoms. The average Bonchev–Trinajstić information content (AvgIpc) is 3.02. The third-order valence-electron chi connectivity index (χ3n) is 11.1. The molecule has 4 aliphatic rings. The highest BCUT2D eigenvalue weighted by Gasteiger charge is 2.51. The van der Waals surface area contributed by atoms with Gasteiger partial charge in [-0.05, 0) is 46.4 Å². The fourth-order valence-corrected chi connectivity index (χ4v) is 8.78. The first-order valence-corrected chi connectivity index (χ1v) is 17.2. The molecule has 0 radical (unpaired) electrons. The van der Waals surface area contributed by atoms with Crippen LogP contribution in [-0.2, 0) is 35.0 Å². The van der Waals surface area contributed by atoms with E-state index in [1.54, 1.807) is 11.0 Å². The molecule has 4 heterocycles. The lowest BCUT2D eigenvalue weighted by atomic mass is 9.65. The number of benzene rings is 3. The summed E-state index contributed by atoms with van der Waals surface area (Å²) in [5.74, 6) is -0.181. The summed E-state index contributed by atoms with van der Waals surface area (Å²) >= 11 is 12.8. The first kappa shape index (κ1) is 40.3. The van der Waals surface area contributed by atoms with Gasteiger partial charge < -0.3 is 27.3 Å². The van der Waals surface area contributed by atoms with Gasteiger partial charge in [-0.25, -0.2) is 0 Å². The van der Waals surface area contributed by atoms with Gasteiger partial charge in [-0.1, -0.05) is 77.8 Å². The van der Waals surface area contributed by atoms with Gasteiger partial charge in [0.05, 0.1) is 49.1 Å². The molecule has 1 atom stereocenters. The molecule has 0 spiro atoms. The van der Waals surface area contributed by atoms with E-state index in [-0.39, 0.29) is 65.4 Å². The van der Waals surface area contributed by atoms with Gasteiger partial charge in [0.25, 0.3) is 0 Å². The van der Waals surface area contributed by atoms with Crippen molar-refractivity contribution in [1.82, 2.24) is 4.90 Å². The summed E-state index contributed by atoms with van der Waals surface area (Å²) in [6, 6.07) is 19.8. The van der Waals surface area contributed by atoms with Gasteiger partial charge in [0.2, 0.25) is 5.91 Å². The number of rotatable bonds is 9. The fourth-order valence-electron chi connectivity index (χ4n) is 8.48. The second kappa shape index (κ2) is 15.2. The predicted molar refractivity (Wildman–Crippen MR) is 179 cm³/mol. The van der Waals surface area contributed by atoms with Crippen molar-refractivity contribution in [2.24, 2.45) is 0 Å². The van der Waals surface area contributed by atoms with Crippen LogP contribution in [-0.4, -0.2) is 65.8 Å². The molecule has 3 aromatic carbocycles. The number of amides is 1. The maximum atomic E-state index is 13.4. The van der Waals surface area contributed by atoms with E-state index < -0.39 is 30.6 Å². The van der Waals surface area contributed by atoms with E-state index in [9.17, 15) is 31.1 Å². The van der Waals surface area contributed by atoms with Gasteiger partial charge in [-0.15, -0.1) is 0 Å². The Kier molecular flexibility index (Phi) is 12.3. The second-order valence-electron chi connectivity index (χ2n) is 14.3. The zero-order valence-corrected chi connectivity index (χ0v) is 29.7. The number of halogens is 9. The molecule has 4 aliphatic heterocycles. The molecule has 274 valence electrons. The minimum absolute atomic E-state index is 0. The van der Waals surface area contributed by atoms with Crippen molar-refractivity contribution < 1.29 is 53.5 Å². The van der Waals surface area contributed by atoms with Crippen molar-refractivity contribution >= 4 is 29.1 Å². The van der Waals surface area contributed by atoms with Gasteiger partial charge in [-0.2, -0.15) is 26.3 Å². The molecule has 4 saturated heterocycles. The fraction of sp³-hybridized carbons (Fsp3) is 0.486. The van der Waals surface area contributed by atoms with E-state index in [0.29, 0.717) is 16.5 Å². The quantitative estimate of drug-likeness (QED) is 0.201. The number of alkyl halides is 6. The summed E-state index contributed by atoms with van der Waals surface area (Å²) in [5, 5.41) is 0.799. The van der Waals surface area contributed by atoms with Crippen LogP contribution in [0.1, 0.15) is 66.3 Å². The van der Waals surface area contributed by atoms with Crippen molar-refractivity contribution in [2.75, 3.05) is 32.7 Å². The summed E-state index contributed by atoms with van der Waals surface area (Å²) in [6.07, 6.45) is -7.04. The molecule has 3 aromatic rings. The lowest BCUT2D eigenvalue weighted by Crippen LogP contribution is -3.00. The highest BCUT2D eigenvalue weighted by atomic mass is 35.5. The van der Waals surface area contributed by atoms with Crippen LogP contribution in [0, 0.1) is 0 Å². The number of hydrogen-bond acceptors (Lipinski definition) is 1. The molecule has 13 heteroatoms. The van der Waals surface area contributed by atoms with Crippen LogP contribution in [0.5, 0.6) is 0 Å². The largest absolute Gasteiger partial charge is 1.00 e. The van der Waals surface area contributed by atoms with Crippen LogP contribution in [0.3, 0.4) is 0 Å². The first-order valence-electron chi connectivity index (χ1n) is 16.5. The van der Waals surface area contributed by atoms with Crippen LogP contribution < -0.4 is 12.4 Å². The summed E-state index contributed by atoms with van der Waals surface area (Å²) in [4.78, 5) is 15.0. The molecule has 2 N–H and O–H groups in total. The number of carbonyl (C=O) groups is 1. The smallest absolute Gasteiger partial charge is 0.393 e. The average molecular weight is 766 g/mol. The highest BCUT2D eigenvalue weighted by Crippen LogP contribution is 2.48. The molecule has 0 saturated carbocycles. The summed E-state index contributed by atoms with van der Waals surface area (Å²) in [6.45, 7) is 4.26. The van der Waals surface area contributed by atoms with Gasteiger partial charge in [0.1, 0.15) is 0 Å². The molecule has 1 amide bonds. The van der Waals surface area contributed by atoms with Gasteiger partial charge in [0.15, 0.2) is 0 Å². The van der Waals surface area contributed by atoms with Crippen LogP contribution in [0.25, 0.3) is 0 Å². The summed E-state index contributed by atoms with van der Waals surface area (Å²) in [5.41, 5.74) is 1.79. The number of hydrogen-bond donors (Lipinski definition) is 0. The molecular weight excluding hydrogens is 725 g/mol. The van der Waals surface area contributed by atoms with E-state index in [1.165, 1.54) is 17.7 Å². The topological polar surface area (TPSA) is 51.8 Å². The minimum Gasteiger partial charge on any atom is -1.00 e. The number of fused-ring (bicyclic) bond motifs is 3. The summed E-state index contributed by atoms with van der Waals surface area (Å²) < 4.78 is 80.9. The van der Waals surface area contributed by atoms with Crippen molar-refractivity contribution in [3.8, 4) is 0 Å². The molecule has 4 nitrogen and oxygen atoms in total. The zero-order valence-electron chi connectivity index (χ0n) is 27.5. The maximum Gasteiger partial charge on any atom is 0.393 e. The van der Waals surface area contributed by atoms with Crippen LogP contribution in [0.15, 0.2) is 66.7 Å². The Morgan fingerprint density at radius 1 is 0.720 bits per heavy atom. The number of nitrogens with zero attached hydrogens (tertiary/aromatic N) is 2. The Balaban J connectivity index is 0.00000281. The lowest BCUT2D eigenvalue weighted by molar-refractivity contribution is -0.944. The van der Waals surface area contributed by atoms with Crippen LogP contribution in [0.4, 0.5) is 26.3 Å². The van der Waals surface area contributed by atoms with Crippen molar-refractivity contribution in [1.29, 1.82) is 0 Å². The van der Waals surface area contributed by atoms with Crippen molar-refractivity contribution in [3.63, 3.8) is 0 Å². The normalized spacial score (nSPS) is 25.2.